The van der Waals surface area contributed by atoms with Gasteiger partial charge in [0.2, 0.25) is 5.88 Å². The number of methoxy groups -OCH3 is 1. The van der Waals surface area contributed by atoms with E-state index in [1.807, 2.05) is 0 Å². The number of hydrogen-bond acceptors (Lipinski definition) is 10. The maximum absolute atomic E-state index is 9.94. The summed E-state index contributed by atoms with van der Waals surface area (Å²) in [6.07, 6.45) is -1.63. The van der Waals surface area contributed by atoms with E-state index < -0.39 is 31.1 Å². The summed E-state index contributed by atoms with van der Waals surface area (Å²) < 4.78 is 10.5. The van der Waals surface area contributed by atoms with Crippen LogP contribution in [0.25, 0.3) is 11.0 Å². The maximum Gasteiger partial charge on any atom is 0.243 e. The van der Waals surface area contributed by atoms with Crippen molar-refractivity contribution >= 4 is 16.9 Å². The quantitative estimate of drug-likeness (QED) is 0.515. The van der Waals surface area contributed by atoms with Gasteiger partial charge in [0.25, 0.3) is 0 Å². The first-order chi connectivity index (χ1) is 10.7. The highest BCUT2D eigenvalue weighted by molar-refractivity contribution is 5.87. The van der Waals surface area contributed by atoms with Gasteiger partial charge in [-0.15, -0.1) is 0 Å². The van der Waals surface area contributed by atoms with Gasteiger partial charge in [-0.05, 0) is 0 Å². The summed E-state index contributed by atoms with van der Waals surface area (Å²) in [4.78, 5) is 16.1. The number of aliphatic hydroxyl groups excluding tert-OH is 3. The number of aliphatic hydroxyl groups is 3. The molecule has 10 nitrogen and oxygen atoms in total. The van der Waals surface area contributed by atoms with Gasteiger partial charge in [0.05, 0.1) is 13.7 Å². The van der Waals surface area contributed by atoms with Crippen molar-refractivity contribution < 1.29 is 24.8 Å². The Labute approximate surface area is 124 Å². The van der Waals surface area contributed by atoms with E-state index in [4.69, 9.17) is 14.6 Å². The van der Waals surface area contributed by atoms with Crippen LogP contribution in [0.1, 0.15) is 0 Å². The van der Waals surface area contributed by atoms with Crippen LogP contribution in [0.5, 0.6) is 5.88 Å². The molecular weight excluding hydrogens is 294 g/mol. The number of nitrogens with one attached hydrogen (secondary N) is 1. The molecule has 4 N–H and O–H groups in total. The van der Waals surface area contributed by atoms with Gasteiger partial charge in [-0.25, -0.2) is 15.0 Å². The van der Waals surface area contributed by atoms with E-state index in [9.17, 15) is 10.2 Å². The predicted octanol–water partition coefficient (Wildman–Crippen LogP) is -1.72. The second kappa shape index (κ2) is 5.93. The predicted molar refractivity (Wildman–Crippen MR) is 73.1 cm³/mol. The number of aromatic nitrogens is 4. The van der Waals surface area contributed by atoms with Crippen LogP contribution >= 0.6 is 0 Å². The fourth-order valence-electron chi connectivity index (χ4n) is 2.27. The van der Waals surface area contributed by atoms with Gasteiger partial charge in [0, 0.05) is 0 Å². The molecule has 3 rings (SSSR count). The van der Waals surface area contributed by atoms with E-state index in [2.05, 4.69) is 25.3 Å². The molecule has 2 aromatic heterocycles. The summed E-state index contributed by atoms with van der Waals surface area (Å²) in [5.41, 5.74) is 0.779. The van der Waals surface area contributed by atoms with Crippen molar-refractivity contribution in [3.8, 4) is 5.88 Å². The molecular formula is C12H15N5O5. The van der Waals surface area contributed by atoms with Gasteiger partial charge in [0.1, 0.15) is 36.5 Å². The number of nitrogens with zero attached hydrogens (tertiary/aromatic N) is 4. The van der Waals surface area contributed by atoms with Crippen molar-refractivity contribution in [1.82, 2.24) is 19.9 Å². The number of hydrogen-bond donors (Lipinski definition) is 4. The number of ether oxygens (including phenoxy) is 2. The lowest BCUT2D eigenvalue weighted by atomic mass is 10.1. The Balaban J connectivity index is 1.92. The zero-order valence-corrected chi connectivity index (χ0v) is 11.6. The van der Waals surface area contributed by atoms with E-state index in [-0.39, 0.29) is 5.88 Å². The summed E-state index contributed by atoms with van der Waals surface area (Å²) in [6, 6.07) is 0. The molecule has 118 valence electrons. The third-order valence-corrected chi connectivity index (χ3v) is 3.40. The number of rotatable bonds is 4. The zero-order chi connectivity index (χ0) is 15.7. The molecule has 4 atom stereocenters. The van der Waals surface area contributed by atoms with Gasteiger partial charge < -0.3 is 30.1 Å². The Hall–Kier alpha value is -2.14. The highest BCUT2D eigenvalue weighted by atomic mass is 16.6. The third kappa shape index (κ3) is 2.41. The molecule has 0 aromatic carbocycles. The zero-order valence-electron chi connectivity index (χ0n) is 11.6. The van der Waals surface area contributed by atoms with Crippen LogP contribution in [-0.2, 0) is 4.74 Å². The monoisotopic (exact) mass is 309 g/mol. The summed E-state index contributed by atoms with van der Waals surface area (Å²) in [5.74, 6) is 0.581. The topological polar surface area (TPSA) is 143 Å². The van der Waals surface area contributed by atoms with Crippen molar-refractivity contribution in [2.75, 3.05) is 19.0 Å². The first-order valence-corrected chi connectivity index (χ1v) is 6.54. The Kier molecular flexibility index (Phi) is 3.98. The normalized spacial score (nSPS) is 28.0. The highest BCUT2D eigenvalue weighted by Crippen LogP contribution is 2.26. The Morgan fingerprint density at radius 2 is 1.86 bits per heavy atom. The van der Waals surface area contributed by atoms with E-state index in [0.29, 0.717) is 16.9 Å². The molecule has 1 aliphatic heterocycles. The second-order valence-corrected chi connectivity index (χ2v) is 4.71. The molecule has 0 radical (unpaired) electrons. The van der Waals surface area contributed by atoms with Gasteiger partial charge in [-0.2, -0.15) is 4.98 Å². The molecule has 0 amide bonds. The molecule has 0 bridgehead atoms. The van der Waals surface area contributed by atoms with E-state index in [0.717, 1.165) is 0 Å². The van der Waals surface area contributed by atoms with Crippen LogP contribution in [0.4, 0.5) is 5.82 Å². The first-order valence-electron chi connectivity index (χ1n) is 6.54. The molecule has 0 aliphatic carbocycles. The molecule has 22 heavy (non-hydrogen) atoms. The van der Waals surface area contributed by atoms with E-state index >= 15 is 0 Å². The van der Waals surface area contributed by atoms with Crippen molar-refractivity contribution in [2.45, 2.75) is 24.5 Å². The number of fused-ring (bicyclic) bond motifs is 1. The lowest BCUT2D eigenvalue weighted by Crippen LogP contribution is -2.36. The average molecular weight is 309 g/mol. The minimum atomic E-state index is -1.22. The first kappa shape index (κ1) is 14.8. The van der Waals surface area contributed by atoms with Crippen molar-refractivity contribution in [1.29, 1.82) is 0 Å². The molecule has 2 aromatic rings. The molecule has 1 aliphatic rings. The van der Waals surface area contributed by atoms with Crippen LogP contribution in [0, 0.1) is 0 Å². The lowest BCUT2D eigenvalue weighted by molar-refractivity contribution is -0.0153. The van der Waals surface area contributed by atoms with Gasteiger partial charge >= 0.3 is 0 Å². The summed E-state index contributed by atoms with van der Waals surface area (Å²) in [6.45, 7) is -0.406. The SMILES string of the molecule is COc1ncnc2c(N[C@@H]3O[C@@H](CO)[C@@H](O)[C@H]3O)ncnc12. The largest absolute Gasteiger partial charge is 0.479 e. The molecule has 10 heteroatoms. The van der Waals surface area contributed by atoms with Crippen molar-refractivity contribution in [3.05, 3.63) is 12.7 Å². The summed E-state index contributed by atoms with van der Waals surface area (Å²) in [7, 11) is 1.46. The van der Waals surface area contributed by atoms with Gasteiger partial charge in [-0.1, -0.05) is 0 Å². The van der Waals surface area contributed by atoms with E-state index in [1.54, 1.807) is 0 Å². The molecule has 3 heterocycles. The third-order valence-electron chi connectivity index (χ3n) is 3.40. The molecule has 1 fully saturated rings. The molecule has 0 saturated carbocycles. The van der Waals surface area contributed by atoms with Crippen molar-refractivity contribution in [3.63, 3.8) is 0 Å². The van der Waals surface area contributed by atoms with Crippen LogP contribution in [0.2, 0.25) is 0 Å². The fourth-order valence-corrected chi connectivity index (χ4v) is 2.27. The fraction of sp³-hybridized carbons (Fsp3) is 0.500. The van der Waals surface area contributed by atoms with Crippen LogP contribution < -0.4 is 10.1 Å². The number of anilines is 1. The van der Waals surface area contributed by atoms with Gasteiger partial charge in [0.15, 0.2) is 17.6 Å². The molecule has 1 saturated heterocycles. The van der Waals surface area contributed by atoms with E-state index in [1.165, 1.54) is 19.8 Å². The van der Waals surface area contributed by atoms with Crippen LogP contribution in [0.15, 0.2) is 12.7 Å². The second-order valence-electron chi connectivity index (χ2n) is 4.71. The average Bonchev–Trinajstić information content (AvgIpc) is 2.82. The standard InChI is InChI=1S/C12H15N5O5/c1-21-11-7-6(13-4-16-11)10(15-3-14-7)17-12-9(20)8(19)5(2-18)22-12/h3-5,8-9,12,18-20H,2H2,1H3,(H,14,15,17)/t5-,8+,9+,12+/m0/s1. The summed E-state index contributed by atoms with van der Waals surface area (Å²) in [5, 5.41) is 31.6. The lowest BCUT2D eigenvalue weighted by Gasteiger charge is -2.17. The Bertz CT molecular complexity index is 671. The Morgan fingerprint density at radius 1 is 1.14 bits per heavy atom. The minimum absolute atomic E-state index is 0.289. The van der Waals surface area contributed by atoms with Crippen LogP contribution in [-0.4, -0.2) is 73.5 Å². The van der Waals surface area contributed by atoms with Crippen LogP contribution in [0.3, 0.4) is 0 Å². The Morgan fingerprint density at radius 3 is 2.55 bits per heavy atom. The molecule has 0 unspecified atom stereocenters. The van der Waals surface area contributed by atoms with Crippen molar-refractivity contribution in [2.24, 2.45) is 0 Å². The van der Waals surface area contributed by atoms with Gasteiger partial charge in [-0.3, -0.25) is 0 Å². The smallest absolute Gasteiger partial charge is 0.243 e. The minimum Gasteiger partial charge on any atom is -0.479 e. The highest BCUT2D eigenvalue weighted by Gasteiger charge is 2.42. The molecule has 0 spiro atoms. The maximum atomic E-state index is 9.94. The summed E-state index contributed by atoms with van der Waals surface area (Å²) >= 11 is 0.